The molecule has 0 amide bonds. The van der Waals surface area contributed by atoms with Gasteiger partial charge in [-0.2, -0.15) is 13.2 Å². The predicted octanol–water partition coefficient (Wildman–Crippen LogP) is 5.01. The van der Waals surface area contributed by atoms with Crippen molar-refractivity contribution in [2.45, 2.75) is 6.18 Å². The van der Waals surface area contributed by atoms with Crippen LogP contribution in [0.1, 0.15) is 5.56 Å². The molecule has 0 aliphatic heterocycles. The number of anilines is 2. The summed E-state index contributed by atoms with van der Waals surface area (Å²) in [5, 5.41) is 23.9. The second-order valence-electron chi connectivity index (χ2n) is 4.65. The topological polar surface area (TPSA) is 98.3 Å². The molecule has 7 nitrogen and oxygen atoms in total. The second kappa shape index (κ2) is 6.78. The Labute approximate surface area is 150 Å². The highest BCUT2D eigenvalue weighted by atomic mass is 127. The van der Waals surface area contributed by atoms with Crippen molar-refractivity contribution in [3.63, 3.8) is 0 Å². The Bertz CT molecular complexity index is 873. The van der Waals surface area contributed by atoms with Crippen molar-refractivity contribution in [1.82, 2.24) is 0 Å². The van der Waals surface area contributed by atoms with Crippen LogP contribution in [0.3, 0.4) is 0 Å². The van der Waals surface area contributed by atoms with Gasteiger partial charge in [0.15, 0.2) is 0 Å². The molecule has 1 N–H and O–H groups in total. The summed E-state index contributed by atoms with van der Waals surface area (Å²) in [6.45, 7) is 0. The minimum absolute atomic E-state index is 0.153. The smallest absolute Gasteiger partial charge is 0.347 e. The first-order chi connectivity index (χ1) is 11.5. The molecule has 0 heterocycles. The molecule has 2 rings (SSSR count). The van der Waals surface area contributed by atoms with Crippen molar-refractivity contribution in [1.29, 1.82) is 0 Å². The molecule has 0 unspecified atom stereocenters. The standard InChI is InChI=1S/C13H6F4IN3O4/c14-9-3-6(18)1-2-10(9)19-12-8(13(15,16)17)4-7(20(22)23)5-11(12)21(24)25/h1-5,19H. The number of hydrogen-bond donors (Lipinski definition) is 1. The first kappa shape index (κ1) is 18.8. The van der Waals surface area contributed by atoms with Crippen LogP contribution in [0.15, 0.2) is 30.3 Å². The lowest BCUT2D eigenvalue weighted by Crippen LogP contribution is -2.12. The summed E-state index contributed by atoms with van der Waals surface area (Å²) in [4.78, 5) is 19.4. The fraction of sp³-hybridized carbons (Fsp3) is 0.0769. The molecular weight excluding hydrogens is 465 g/mol. The summed E-state index contributed by atoms with van der Waals surface area (Å²) in [6, 6.07) is 4.01. The Morgan fingerprint density at radius 2 is 1.68 bits per heavy atom. The van der Waals surface area contributed by atoms with Gasteiger partial charge in [0.1, 0.15) is 11.5 Å². The molecule has 0 radical (unpaired) electrons. The van der Waals surface area contributed by atoms with E-state index in [1.807, 2.05) is 5.32 Å². The first-order valence-electron chi connectivity index (χ1n) is 6.27. The molecule has 0 saturated carbocycles. The van der Waals surface area contributed by atoms with Crippen molar-refractivity contribution in [2.24, 2.45) is 0 Å². The average molecular weight is 471 g/mol. The highest BCUT2D eigenvalue weighted by molar-refractivity contribution is 14.1. The molecule has 0 aromatic heterocycles. The lowest BCUT2D eigenvalue weighted by molar-refractivity contribution is -0.394. The number of nitrogens with zero attached hydrogens (tertiary/aromatic N) is 2. The monoisotopic (exact) mass is 471 g/mol. The van der Waals surface area contributed by atoms with E-state index in [-0.39, 0.29) is 6.07 Å². The molecule has 0 spiro atoms. The Kier molecular flexibility index (Phi) is 5.10. The molecule has 0 saturated heterocycles. The maximum absolute atomic E-state index is 13.9. The van der Waals surface area contributed by atoms with E-state index in [2.05, 4.69) is 0 Å². The molecule has 12 heteroatoms. The number of halogens is 5. The van der Waals surface area contributed by atoms with E-state index in [1.54, 1.807) is 22.6 Å². The molecule has 2 aromatic rings. The third-order valence-corrected chi connectivity index (χ3v) is 3.68. The van der Waals surface area contributed by atoms with E-state index in [0.29, 0.717) is 9.64 Å². The van der Waals surface area contributed by atoms with E-state index in [4.69, 9.17) is 0 Å². The summed E-state index contributed by atoms with van der Waals surface area (Å²) in [5.41, 5.74) is -5.47. The molecule has 0 fully saturated rings. The predicted molar refractivity (Wildman–Crippen MR) is 87.2 cm³/mol. The fourth-order valence-electron chi connectivity index (χ4n) is 1.94. The van der Waals surface area contributed by atoms with E-state index in [0.717, 1.165) is 12.1 Å². The van der Waals surface area contributed by atoms with Crippen molar-refractivity contribution in [2.75, 3.05) is 5.32 Å². The third-order valence-electron chi connectivity index (χ3n) is 3.01. The number of nitrogens with one attached hydrogen (secondary N) is 1. The highest BCUT2D eigenvalue weighted by Gasteiger charge is 2.39. The van der Waals surface area contributed by atoms with Gasteiger partial charge in [-0.05, 0) is 40.8 Å². The van der Waals surface area contributed by atoms with Gasteiger partial charge in [-0.3, -0.25) is 20.2 Å². The summed E-state index contributed by atoms with van der Waals surface area (Å²) in [6.07, 6.45) is -5.14. The van der Waals surface area contributed by atoms with Gasteiger partial charge in [0.2, 0.25) is 0 Å². The zero-order valence-electron chi connectivity index (χ0n) is 11.8. The summed E-state index contributed by atoms with van der Waals surface area (Å²) in [7, 11) is 0. The number of nitro benzene ring substituents is 2. The zero-order chi connectivity index (χ0) is 18.9. The Morgan fingerprint density at radius 1 is 1.04 bits per heavy atom. The van der Waals surface area contributed by atoms with Crippen LogP contribution in [0.5, 0.6) is 0 Å². The number of benzene rings is 2. The highest BCUT2D eigenvalue weighted by Crippen LogP contribution is 2.43. The number of alkyl halides is 3. The van der Waals surface area contributed by atoms with Gasteiger partial charge < -0.3 is 5.32 Å². The maximum Gasteiger partial charge on any atom is 0.418 e. The maximum atomic E-state index is 13.9. The lowest BCUT2D eigenvalue weighted by atomic mass is 10.1. The molecule has 0 bridgehead atoms. The minimum Gasteiger partial charge on any atom is -0.347 e. The third kappa shape index (κ3) is 4.12. The van der Waals surface area contributed by atoms with Crippen LogP contribution in [0.4, 0.5) is 40.3 Å². The molecule has 0 aliphatic carbocycles. The second-order valence-corrected chi connectivity index (χ2v) is 5.89. The lowest BCUT2D eigenvalue weighted by Gasteiger charge is -2.15. The largest absolute Gasteiger partial charge is 0.418 e. The molecule has 0 atom stereocenters. The number of non-ortho nitro benzene ring substituents is 1. The van der Waals surface area contributed by atoms with E-state index < -0.39 is 50.2 Å². The minimum atomic E-state index is -5.14. The van der Waals surface area contributed by atoms with E-state index in [1.165, 1.54) is 6.07 Å². The van der Waals surface area contributed by atoms with Crippen LogP contribution in [-0.4, -0.2) is 9.85 Å². The van der Waals surface area contributed by atoms with Crippen LogP contribution < -0.4 is 5.32 Å². The van der Waals surface area contributed by atoms with Gasteiger partial charge in [-0.1, -0.05) is 0 Å². The Hall–Kier alpha value is -2.51. The number of hydrogen-bond acceptors (Lipinski definition) is 5. The Balaban J connectivity index is 2.73. The molecule has 0 aliphatic rings. The van der Waals surface area contributed by atoms with Crippen molar-refractivity contribution in [3.05, 3.63) is 65.5 Å². The van der Waals surface area contributed by atoms with Gasteiger partial charge in [0, 0.05) is 9.64 Å². The van der Waals surface area contributed by atoms with Crippen molar-refractivity contribution >= 4 is 45.3 Å². The van der Waals surface area contributed by atoms with Crippen LogP contribution in [0, 0.1) is 29.6 Å². The normalized spacial score (nSPS) is 11.2. The van der Waals surface area contributed by atoms with Gasteiger partial charge >= 0.3 is 6.18 Å². The van der Waals surface area contributed by atoms with Gasteiger partial charge in [-0.15, -0.1) is 0 Å². The van der Waals surface area contributed by atoms with Crippen molar-refractivity contribution in [3.8, 4) is 0 Å². The summed E-state index contributed by atoms with van der Waals surface area (Å²) in [5.74, 6) is -0.937. The number of rotatable bonds is 4. The summed E-state index contributed by atoms with van der Waals surface area (Å²) >= 11 is 1.77. The van der Waals surface area contributed by atoms with Crippen LogP contribution >= 0.6 is 22.6 Å². The van der Waals surface area contributed by atoms with Crippen molar-refractivity contribution < 1.29 is 27.4 Å². The van der Waals surface area contributed by atoms with Crippen LogP contribution in [-0.2, 0) is 6.18 Å². The quantitative estimate of drug-likeness (QED) is 0.293. The first-order valence-corrected chi connectivity index (χ1v) is 7.34. The number of nitro groups is 2. The van der Waals surface area contributed by atoms with Crippen LogP contribution in [0.2, 0.25) is 0 Å². The molecule has 132 valence electrons. The van der Waals surface area contributed by atoms with Gasteiger partial charge in [0.25, 0.3) is 11.4 Å². The van der Waals surface area contributed by atoms with Crippen LogP contribution in [0.25, 0.3) is 0 Å². The van der Waals surface area contributed by atoms with Gasteiger partial charge in [0.05, 0.1) is 27.2 Å². The average Bonchev–Trinajstić information content (AvgIpc) is 2.48. The van der Waals surface area contributed by atoms with E-state index >= 15 is 0 Å². The van der Waals surface area contributed by atoms with Gasteiger partial charge in [-0.25, -0.2) is 4.39 Å². The molecule has 2 aromatic carbocycles. The summed E-state index contributed by atoms with van der Waals surface area (Å²) < 4.78 is 54.0. The molecular formula is C13H6F4IN3O4. The zero-order valence-corrected chi connectivity index (χ0v) is 14.0. The SMILES string of the molecule is O=[N+]([O-])c1cc([N+](=O)[O-])c(Nc2ccc(I)cc2F)c(C(F)(F)F)c1. The Morgan fingerprint density at radius 3 is 2.16 bits per heavy atom. The molecule has 25 heavy (non-hydrogen) atoms. The fourth-order valence-corrected chi connectivity index (χ4v) is 2.39. The van der Waals surface area contributed by atoms with E-state index in [9.17, 15) is 37.8 Å².